The third-order valence-corrected chi connectivity index (χ3v) is 8.14. The first-order chi connectivity index (χ1) is 19.6. The number of hydrogen-bond acceptors (Lipinski definition) is 4. The molecule has 0 atom stereocenters. The Balaban J connectivity index is 1.37. The molecule has 1 aliphatic carbocycles. The average Bonchev–Trinajstić information content (AvgIpc) is 3.49. The van der Waals surface area contributed by atoms with Crippen molar-refractivity contribution in [3.8, 4) is 45.3 Å². The predicted molar refractivity (Wildman–Crippen MR) is 161 cm³/mol. The van der Waals surface area contributed by atoms with E-state index in [4.69, 9.17) is 19.4 Å². The Morgan fingerprint density at radius 1 is 0.500 bits per heavy atom. The van der Waals surface area contributed by atoms with Crippen LogP contribution in [0.1, 0.15) is 25.0 Å². The molecule has 2 heterocycles. The van der Waals surface area contributed by atoms with Gasteiger partial charge < -0.3 is 4.42 Å². The molecule has 0 saturated heterocycles. The summed E-state index contributed by atoms with van der Waals surface area (Å²) in [5.74, 6) is 1.86. The third kappa shape index (κ3) is 3.36. The van der Waals surface area contributed by atoms with Crippen molar-refractivity contribution in [2.24, 2.45) is 0 Å². The predicted octanol–water partition coefficient (Wildman–Crippen LogP) is 9.08. The summed E-state index contributed by atoms with van der Waals surface area (Å²) in [4.78, 5) is 14.8. The second kappa shape index (κ2) is 8.45. The Kier molecular flexibility index (Phi) is 4.83. The van der Waals surface area contributed by atoms with Crippen molar-refractivity contribution in [3.63, 3.8) is 0 Å². The molecule has 0 unspecified atom stereocenters. The van der Waals surface area contributed by atoms with Gasteiger partial charge in [-0.15, -0.1) is 0 Å². The molecule has 4 nitrogen and oxygen atoms in total. The summed E-state index contributed by atoms with van der Waals surface area (Å²) >= 11 is 0. The molecule has 190 valence electrons. The highest BCUT2D eigenvalue weighted by atomic mass is 16.3. The van der Waals surface area contributed by atoms with Crippen molar-refractivity contribution < 1.29 is 4.42 Å². The standard InChI is InChI=1S/C36H25N3O/c1-36(2)29-19-10-9-16-24(29)27-20-28-25-17-11-18-26(32(25)40-31(28)21-30(27)36)35-38-33(22-12-5-3-6-13-22)37-34(39-35)23-14-7-4-8-15-23/h3-21H,1-2H3. The van der Waals surface area contributed by atoms with Gasteiger partial charge in [0.2, 0.25) is 0 Å². The third-order valence-electron chi connectivity index (χ3n) is 8.14. The van der Waals surface area contributed by atoms with Crippen LogP contribution in [0.3, 0.4) is 0 Å². The van der Waals surface area contributed by atoms with Crippen LogP contribution in [0, 0.1) is 0 Å². The number of hydrogen-bond donors (Lipinski definition) is 0. The highest BCUT2D eigenvalue weighted by Crippen LogP contribution is 2.51. The fourth-order valence-electron chi connectivity index (χ4n) is 6.10. The Morgan fingerprint density at radius 3 is 1.80 bits per heavy atom. The molecule has 0 aliphatic heterocycles. The average molecular weight is 516 g/mol. The van der Waals surface area contributed by atoms with E-state index in [0.29, 0.717) is 17.5 Å². The van der Waals surface area contributed by atoms with Gasteiger partial charge in [-0.05, 0) is 40.5 Å². The molecule has 40 heavy (non-hydrogen) atoms. The van der Waals surface area contributed by atoms with E-state index in [1.54, 1.807) is 0 Å². The molecule has 5 aromatic carbocycles. The van der Waals surface area contributed by atoms with Crippen LogP contribution >= 0.6 is 0 Å². The molecule has 0 saturated carbocycles. The molecule has 0 radical (unpaired) electrons. The highest BCUT2D eigenvalue weighted by Gasteiger charge is 2.36. The van der Waals surface area contributed by atoms with Crippen molar-refractivity contribution >= 4 is 21.9 Å². The molecule has 0 fully saturated rings. The van der Waals surface area contributed by atoms with Gasteiger partial charge in [0, 0.05) is 27.3 Å². The first-order valence-corrected chi connectivity index (χ1v) is 13.5. The van der Waals surface area contributed by atoms with E-state index in [0.717, 1.165) is 38.6 Å². The van der Waals surface area contributed by atoms with Crippen LogP contribution < -0.4 is 0 Å². The van der Waals surface area contributed by atoms with Gasteiger partial charge in [-0.3, -0.25) is 0 Å². The summed E-state index contributed by atoms with van der Waals surface area (Å²) in [5, 5.41) is 2.16. The van der Waals surface area contributed by atoms with E-state index in [1.165, 1.54) is 22.3 Å². The lowest BCUT2D eigenvalue weighted by molar-refractivity contribution is 0.647. The van der Waals surface area contributed by atoms with Crippen LogP contribution in [0.5, 0.6) is 0 Å². The number of para-hydroxylation sites is 1. The molecule has 0 N–H and O–H groups in total. The maximum atomic E-state index is 6.65. The fraction of sp³-hybridized carbons (Fsp3) is 0.0833. The van der Waals surface area contributed by atoms with E-state index >= 15 is 0 Å². The zero-order valence-electron chi connectivity index (χ0n) is 22.2. The lowest BCUT2D eigenvalue weighted by Gasteiger charge is -2.21. The smallest absolute Gasteiger partial charge is 0.167 e. The van der Waals surface area contributed by atoms with Crippen LogP contribution in [0.25, 0.3) is 67.2 Å². The van der Waals surface area contributed by atoms with E-state index < -0.39 is 0 Å². The zero-order chi connectivity index (χ0) is 26.8. The number of aromatic nitrogens is 3. The minimum atomic E-state index is -0.0920. The summed E-state index contributed by atoms with van der Waals surface area (Å²) in [7, 11) is 0. The number of furan rings is 1. The lowest BCUT2D eigenvalue weighted by atomic mass is 9.82. The summed E-state index contributed by atoms with van der Waals surface area (Å²) in [5.41, 5.74) is 9.53. The van der Waals surface area contributed by atoms with Gasteiger partial charge in [0.25, 0.3) is 0 Å². The Bertz CT molecular complexity index is 2020. The van der Waals surface area contributed by atoms with E-state index in [9.17, 15) is 0 Å². The number of rotatable bonds is 3. The highest BCUT2D eigenvalue weighted by molar-refractivity contribution is 6.11. The largest absolute Gasteiger partial charge is 0.455 e. The summed E-state index contributed by atoms with van der Waals surface area (Å²) in [6.45, 7) is 4.58. The normalized spacial score (nSPS) is 13.4. The van der Waals surface area contributed by atoms with Crippen LogP contribution in [0.15, 0.2) is 120 Å². The maximum absolute atomic E-state index is 6.65. The molecule has 0 bridgehead atoms. The van der Waals surface area contributed by atoms with Crippen LogP contribution in [-0.4, -0.2) is 15.0 Å². The molecule has 7 aromatic rings. The molecular weight excluding hydrogens is 490 g/mol. The van der Waals surface area contributed by atoms with E-state index in [-0.39, 0.29) is 5.41 Å². The molecule has 0 spiro atoms. The Hall–Kier alpha value is -5.09. The van der Waals surface area contributed by atoms with Gasteiger partial charge in [-0.1, -0.05) is 111 Å². The topological polar surface area (TPSA) is 51.8 Å². The van der Waals surface area contributed by atoms with E-state index in [1.807, 2.05) is 66.7 Å². The molecular formula is C36H25N3O. The second-order valence-electron chi connectivity index (χ2n) is 10.9. The van der Waals surface area contributed by atoms with Crippen molar-refractivity contribution in [2.75, 3.05) is 0 Å². The number of benzene rings is 5. The summed E-state index contributed by atoms with van der Waals surface area (Å²) < 4.78 is 6.65. The van der Waals surface area contributed by atoms with Crippen LogP contribution in [-0.2, 0) is 5.41 Å². The minimum Gasteiger partial charge on any atom is -0.455 e. The molecule has 4 heteroatoms. The maximum Gasteiger partial charge on any atom is 0.167 e. The minimum absolute atomic E-state index is 0.0920. The van der Waals surface area contributed by atoms with Gasteiger partial charge in [-0.25, -0.2) is 15.0 Å². The van der Waals surface area contributed by atoms with Crippen molar-refractivity contribution in [1.82, 2.24) is 15.0 Å². The van der Waals surface area contributed by atoms with Gasteiger partial charge >= 0.3 is 0 Å². The Morgan fingerprint density at radius 2 is 1.10 bits per heavy atom. The number of fused-ring (bicyclic) bond motifs is 6. The molecule has 8 rings (SSSR count). The zero-order valence-corrected chi connectivity index (χ0v) is 22.2. The van der Waals surface area contributed by atoms with Crippen molar-refractivity contribution in [1.29, 1.82) is 0 Å². The number of nitrogens with zero attached hydrogens (tertiary/aromatic N) is 3. The van der Waals surface area contributed by atoms with Crippen LogP contribution in [0.2, 0.25) is 0 Å². The van der Waals surface area contributed by atoms with Crippen LogP contribution in [0.4, 0.5) is 0 Å². The van der Waals surface area contributed by atoms with E-state index in [2.05, 4.69) is 62.4 Å². The summed E-state index contributed by atoms with van der Waals surface area (Å²) in [6, 6.07) is 39.6. The fourth-order valence-corrected chi connectivity index (χ4v) is 6.10. The first kappa shape index (κ1) is 22.9. The van der Waals surface area contributed by atoms with Gasteiger partial charge in [0.1, 0.15) is 11.2 Å². The Labute approximate surface area is 232 Å². The second-order valence-corrected chi connectivity index (χ2v) is 10.9. The molecule has 2 aromatic heterocycles. The quantitative estimate of drug-likeness (QED) is 0.235. The van der Waals surface area contributed by atoms with Gasteiger partial charge in [-0.2, -0.15) is 0 Å². The molecule has 1 aliphatic rings. The van der Waals surface area contributed by atoms with Crippen molar-refractivity contribution in [2.45, 2.75) is 19.3 Å². The SMILES string of the molecule is CC1(C)c2ccccc2-c2cc3c(cc21)oc1c(-c2nc(-c4ccccc4)nc(-c4ccccc4)n2)cccc13. The first-order valence-electron chi connectivity index (χ1n) is 13.5. The van der Waals surface area contributed by atoms with Gasteiger partial charge in [0.05, 0.1) is 5.56 Å². The van der Waals surface area contributed by atoms with Gasteiger partial charge in [0.15, 0.2) is 17.5 Å². The summed E-state index contributed by atoms with van der Waals surface area (Å²) in [6.07, 6.45) is 0. The molecule has 0 amide bonds. The lowest BCUT2D eigenvalue weighted by Crippen LogP contribution is -2.14. The van der Waals surface area contributed by atoms with Crippen molar-refractivity contribution in [3.05, 3.63) is 126 Å². The monoisotopic (exact) mass is 515 g/mol.